The molecule has 2 heterocycles. The first-order valence-electron chi connectivity index (χ1n) is 9.04. The molecule has 0 aliphatic carbocycles. The number of hydrogen-bond acceptors (Lipinski definition) is 2. The Labute approximate surface area is 148 Å². The number of aromatic amines is 1. The Kier molecular flexibility index (Phi) is 4.18. The molecule has 0 bridgehead atoms. The first kappa shape index (κ1) is 16.1. The fourth-order valence-electron chi connectivity index (χ4n) is 3.93. The molecule has 0 saturated carbocycles. The number of nitrogens with one attached hydrogen (secondary N) is 1. The Morgan fingerprint density at radius 3 is 2.28 bits per heavy atom. The van der Waals surface area contributed by atoms with Crippen LogP contribution in [0.4, 0.5) is 0 Å². The lowest BCUT2D eigenvalue weighted by molar-refractivity contribution is 0.253. The molecule has 3 nitrogen and oxygen atoms in total. The third-order valence-corrected chi connectivity index (χ3v) is 5.43. The van der Waals surface area contributed by atoms with Crippen molar-refractivity contribution < 1.29 is 0 Å². The maximum absolute atomic E-state index is 12.7. The first-order chi connectivity index (χ1) is 12.1. The first-order valence-corrected chi connectivity index (χ1v) is 9.04. The Morgan fingerprint density at radius 1 is 0.960 bits per heavy atom. The highest BCUT2D eigenvalue weighted by Crippen LogP contribution is 2.37. The minimum atomic E-state index is 0.0281. The largest absolute Gasteiger partial charge is 0.325 e. The van der Waals surface area contributed by atoms with Gasteiger partial charge in [-0.3, -0.25) is 4.79 Å². The van der Waals surface area contributed by atoms with E-state index < -0.39 is 0 Å². The van der Waals surface area contributed by atoms with E-state index in [4.69, 9.17) is 0 Å². The second-order valence-corrected chi connectivity index (χ2v) is 7.23. The van der Waals surface area contributed by atoms with Crippen molar-refractivity contribution in [3.8, 4) is 11.1 Å². The summed E-state index contributed by atoms with van der Waals surface area (Å²) in [5.41, 5.74) is 4.77. The van der Waals surface area contributed by atoms with Crippen molar-refractivity contribution in [1.82, 2.24) is 9.88 Å². The molecule has 3 aromatic rings. The molecular weight excluding hydrogens is 308 g/mol. The summed E-state index contributed by atoms with van der Waals surface area (Å²) in [4.78, 5) is 18.3. The van der Waals surface area contributed by atoms with Gasteiger partial charge in [-0.2, -0.15) is 0 Å². The standard InChI is InChI=1S/C22H24N2O/c1-15-7-9-16(10-8-15)20-18-5-3-4-6-19(18)22(25)23-21(20)17-11-13-24(2)14-12-17/h3-10,17H,11-14H2,1-2H3,(H,23,25). The highest BCUT2D eigenvalue weighted by Gasteiger charge is 2.24. The minimum absolute atomic E-state index is 0.0281. The summed E-state index contributed by atoms with van der Waals surface area (Å²) in [7, 11) is 2.17. The lowest BCUT2D eigenvalue weighted by Gasteiger charge is -2.30. The van der Waals surface area contributed by atoms with E-state index in [-0.39, 0.29) is 5.56 Å². The monoisotopic (exact) mass is 332 g/mol. The van der Waals surface area contributed by atoms with Crippen LogP contribution in [-0.2, 0) is 0 Å². The van der Waals surface area contributed by atoms with Gasteiger partial charge in [0.1, 0.15) is 0 Å². The number of likely N-dealkylation sites (tertiary alicyclic amines) is 1. The summed E-state index contributed by atoms with van der Waals surface area (Å²) in [6, 6.07) is 16.6. The van der Waals surface area contributed by atoms with E-state index in [9.17, 15) is 4.79 Å². The number of aryl methyl sites for hydroxylation is 1. The van der Waals surface area contributed by atoms with Gasteiger partial charge in [-0.25, -0.2) is 0 Å². The van der Waals surface area contributed by atoms with Crippen LogP contribution in [0.15, 0.2) is 53.3 Å². The van der Waals surface area contributed by atoms with E-state index in [1.54, 1.807) is 0 Å². The zero-order valence-electron chi connectivity index (χ0n) is 14.9. The van der Waals surface area contributed by atoms with Crippen LogP contribution in [0.25, 0.3) is 21.9 Å². The average Bonchev–Trinajstić information content (AvgIpc) is 2.63. The van der Waals surface area contributed by atoms with Crippen LogP contribution in [0.5, 0.6) is 0 Å². The molecule has 1 N–H and O–H groups in total. The molecule has 3 heteroatoms. The SMILES string of the molecule is Cc1ccc(-c2c(C3CCN(C)CC3)[nH]c(=O)c3ccccc23)cc1. The van der Waals surface area contributed by atoms with Crippen LogP contribution in [-0.4, -0.2) is 30.0 Å². The number of rotatable bonds is 2. The Hall–Kier alpha value is -2.39. The molecule has 0 radical (unpaired) electrons. The highest BCUT2D eigenvalue weighted by atomic mass is 16.1. The van der Waals surface area contributed by atoms with Gasteiger partial charge in [0.2, 0.25) is 0 Å². The maximum Gasteiger partial charge on any atom is 0.256 e. The number of H-pyrrole nitrogens is 1. The molecule has 0 atom stereocenters. The van der Waals surface area contributed by atoms with Gasteiger partial charge in [0, 0.05) is 22.6 Å². The fraction of sp³-hybridized carbons (Fsp3) is 0.318. The number of hydrogen-bond donors (Lipinski definition) is 1. The predicted octanol–water partition coefficient (Wildman–Crippen LogP) is 4.31. The summed E-state index contributed by atoms with van der Waals surface area (Å²) in [5, 5.41) is 1.83. The van der Waals surface area contributed by atoms with E-state index in [2.05, 4.69) is 54.2 Å². The average molecular weight is 332 g/mol. The van der Waals surface area contributed by atoms with Gasteiger partial charge in [0.05, 0.1) is 0 Å². The van der Waals surface area contributed by atoms with Gasteiger partial charge in [-0.15, -0.1) is 0 Å². The lowest BCUT2D eigenvalue weighted by atomic mass is 9.86. The Bertz CT molecular complexity index is 948. The molecule has 25 heavy (non-hydrogen) atoms. The van der Waals surface area contributed by atoms with Crippen LogP contribution >= 0.6 is 0 Å². The van der Waals surface area contributed by atoms with Gasteiger partial charge in [-0.1, -0.05) is 48.0 Å². The van der Waals surface area contributed by atoms with E-state index in [1.165, 1.54) is 16.7 Å². The third kappa shape index (κ3) is 3.00. The molecule has 4 rings (SSSR count). The smallest absolute Gasteiger partial charge is 0.256 e. The van der Waals surface area contributed by atoms with Gasteiger partial charge in [-0.05, 0) is 56.9 Å². The number of piperidine rings is 1. The Morgan fingerprint density at radius 2 is 1.60 bits per heavy atom. The van der Waals surface area contributed by atoms with Gasteiger partial charge >= 0.3 is 0 Å². The van der Waals surface area contributed by atoms with Gasteiger partial charge in [0.15, 0.2) is 0 Å². The van der Waals surface area contributed by atoms with Crippen LogP contribution in [0.1, 0.15) is 30.0 Å². The summed E-state index contributed by atoms with van der Waals surface area (Å²) in [5.74, 6) is 0.407. The van der Waals surface area contributed by atoms with Crippen molar-refractivity contribution in [1.29, 1.82) is 0 Å². The maximum atomic E-state index is 12.7. The topological polar surface area (TPSA) is 36.1 Å². The summed E-state index contributed by atoms with van der Waals surface area (Å²) >= 11 is 0. The molecule has 1 fully saturated rings. The van der Waals surface area contributed by atoms with Gasteiger partial charge in [0.25, 0.3) is 5.56 Å². The lowest BCUT2D eigenvalue weighted by Crippen LogP contribution is -2.30. The van der Waals surface area contributed by atoms with Crippen molar-refractivity contribution in [3.63, 3.8) is 0 Å². The van der Waals surface area contributed by atoms with Crippen molar-refractivity contribution in [2.75, 3.05) is 20.1 Å². The number of aromatic nitrogens is 1. The quantitative estimate of drug-likeness (QED) is 0.759. The normalized spacial score (nSPS) is 16.4. The Balaban J connectivity index is 1.96. The molecule has 1 aliphatic heterocycles. The number of benzene rings is 2. The molecule has 1 aliphatic rings. The molecule has 0 spiro atoms. The highest BCUT2D eigenvalue weighted by molar-refractivity contribution is 5.97. The minimum Gasteiger partial charge on any atom is -0.325 e. The second kappa shape index (κ2) is 6.49. The zero-order chi connectivity index (χ0) is 17.4. The third-order valence-electron chi connectivity index (χ3n) is 5.43. The van der Waals surface area contributed by atoms with Crippen LogP contribution < -0.4 is 5.56 Å². The molecular formula is C22H24N2O. The molecule has 0 unspecified atom stereocenters. The number of nitrogens with zero attached hydrogens (tertiary/aromatic N) is 1. The van der Waals surface area contributed by atoms with Crippen molar-refractivity contribution in [2.45, 2.75) is 25.7 Å². The molecule has 1 saturated heterocycles. The van der Waals surface area contributed by atoms with Crippen LogP contribution in [0.2, 0.25) is 0 Å². The number of fused-ring (bicyclic) bond motifs is 1. The summed E-state index contributed by atoms with van der Waals surface area (Å²) in [6.45, 7) is 4.26. The van der Waals surface area contributed by atoms with Crippen molar-refractivity contribution in [3.05, 3.63) is 70.1 Å². The van der Waals surface area contributed by atoms with Crippen LogP contribution in [0.3, 0.4) is 0 Å². The molecule has 128 valence electrons. The predicted molar refractivity (Wildman–Crippen MR) is 104 cm³/mol. The van der Waals surface area contributed by atoms with Crippen LogP contribution in [0, 0.1) is 6.92 Å². The van der Waals surface area contributed by atoms with Crippen molar-refractivity contribution >= 4 is 10.8 Å². The molecule has 2 aromatic carbocycles. The molecule has 1 aromatic heterocycles. The van der Waals surface area contributed by atoms with Crippen molar-refractivity contribution in [2.24, 2.45) is 0 Å². The molecule has 0 amide bonds. The fourth-order valence-corrected chi connectivity index (χ4v) is 3.93. The summed E-state index contributed by atoms with van der Waals surface area (Å²) < 4.78 is 0. The van der Waals surface area contributed by atoms with E-state index in [0.29, 0.717) is 5.92 Å². The summed E-state index contributed by atoms with van der Waals surface area (Å²) in [6.07, 6.45) is 2.17. The van der Waals surface area contributed by atoms with E-state index in [0.717, 1.165) is 42.4 Å². The van der Waals surface area contributed by atoms with Gasteiger partial charge < -0.3 is 9.88 Å². The number of pyridine rings is 1. The zero-order valence-corrected chi connectivity index (χ0v) is 14.9. The van der Waals surface area contributed by atoms with E-state index >= 15 is 0 Å². The second-order valence-electron chi connectivity index (χ2n) is 7.23. The van der Waals surface area contributed by atoms with E-state index in [1.807, 2.05) is 18.2 Å².